The van der Waals surface area contributed by atoms with Crippen molar-refractivity contribution in [3.8, 4) is 0 Å². The number of amides is 1. The van der Waals surface area contributed by atoms with E-state index in [0.29, 0.717) is 43.7 Å². The molecule has 2 heterocycles. The van der Waals surface area contributed by atoms with E-state index >= 15 is 0 Å². The second-order valence-corrected chi connectivity index (χ2v) is 6.62. The minimum absolute atomic E-state index is 0.0745. The van der Waals surface area contributed by atoms with Gasteiger partial charge in [0.15, 0.2) is 0 Å². The van der Waals surface area contributed by atoms with Crippen LogP contribution < -0.4 is 10.2 Å². The van der Waals surface area contributed by atoms with Gasteiger partial charge in [0.05, 0.1) is 11.0 Å². The number of nitro groups is 1. The molecule has 9 heteroatoms. The lowest BCUT2D eigenvalue weighted by Gasteiger charge is -2.37. The lowest BCUT2D eigenvalue weighted by atomic mass is 10.2. The number of hydrogen-bond acceptors (Lipinski definition) is 6. The predicted octanol–water partition coefficient (Wildman–Crippen LogP) is 0.426. The summed E-state index contributed by atoms with van der Waals surface area (Å²) in [5.41, 5.74) is 0.502. The molecule has 9 nitrogen and oxygen atoms in total. The summed E-state index contributed by atoms with van der Waals surface area (Å²) in [6.45, 7) is 6.25. The Kier molecular flexibility index (Phi) is 4.44. The normalized spacial score (nSPS) is 20.0. The van der Waals surface area contributed by atoms with Gasteiger partial charge in [-0.2, -0.15) is 5.10 Å². The number of carbonyl (C=O) groups excluding carboxylic acids is 1. The number of piperazine rings is 1. The quantitative estimate of drug-likeness (QED) is 0.618. The summed E-state index contributed by atoms with van der Waals surface area (Å²) in [5, 5.41) is 18.5. The number of nitrogens with one attached hydrogen (secondary N) is 1. The number of nitrogens with zero attached hydrogens (tertiary/aromatic N) is 5. The van der Waals surface area contributed by atoms with E-state index in [9.17, 15) is 14.9 Å². The molecule has 0 spiro atoms. The molecule has 1 saturated heterocycles. The Bertz CT molecular complexity index is 646. The minimum Gasteiger partial charge on any atom is -0.352 e. The van der Waals surface area contributed by atoms with Crippen LogP contribution in [0.3, 0.4) is 0 Å². The Balaban J connectivity index is 1.65. The largest absolute Gasteiger partial charge is 0.352 e. The zero-order valence-electron chi connectivity index (χ0n) is 14.4. The van der Waals surface area contributed by atoms with E-state index < -0.39 is 0 Å². The maximum atomic E-state index is 12.2. The van der Waals surface area contributed by atoms with Crippen molar-refractivity contribution in [1.29, 1.82) is 0 Å². The standard InChI is InChI=1S/C15H24N6O3/c1-10-13(21(23)24)15(18(3)17-10)20-8-6-19(7-9-20)11(2)14(22)16-12-4-5-12/h11-12H,4-9H2,1-3H3,(H,16,22). The van der Waals surface area contributed by atoms with Crippen LogP contribution in [0.15, 0.2) is 0 Å². The summed E-state index contributed by atoms with van der Waals surface area (Å²) in [6.07, 6.45) is 2.16. The summed E-state index contributed by atoms with van der Waals surface area (Å²) in [7, 11) is 1.73. The van der Waals surface area contributed by atoms with Crippen molar-refractivity contribution in [3.05, 3.63) is 15.8 Å². The lowest BCUT2D eigenvalue weighted by molar-refractivity contribution is -0.384. The van der Waals surface area contributed by atoms with E-state index in [0.717, 1.165) is 12.8 Å². The Labute approximate surface area is 140 Å². The molecule has 2 fully saturated rings. The molecule has 1 unspecified atom stereocenters. The van der Waals surface area contributed by atoms with Crippen molar-refractivity contribution in [1.82, 2.24) is 20.0 Å². The fourth-order valence-corrected chi connectivity index (χ4v) is 3.24. The molecule has 0 aromatic carbocycles. The Morgan fingerprint density at radius 3 is 2.50 bits per heavy atom. The SMILES string of the molecule is Cc1nn(C)c(N2CCN(C(C)C(=O)NC3CC3)CC2)c1[N+](=O)[O-]. The van der Waals surface area contributed by atoms with Gasteiger partial charge in [0, 0.05) is 39.3 Å². The van der Waals surface area contributed by atoms with E-state index in [1.165, 1.54) is 0 Å². The molecule has 24 heavy (non-hydrogen) atoms. The second kappa shape index (κ2) is 6.39. The first-order valence-electron chi connectivity index (χ1n) is 8.36. The van der Waals surface area contributed by atoms with Gasteiger partial charge in [0.25, 0.3) is 0 Å². The molecule has 0 bridgehead atoms. The summed E-state index contributed by atoms with van der Waals surface area (Å²) < 4.78 is 1.58. The topological polar surface area (TPSA) is 96.5 Å². The van der Waals surface area contributed by atoms with Gasteiger partial charge in [0.2, 0.25) is 11.7 Å². The molecule has 1 amide bonds. The molecule has 3 rings (SSSR count). The van der Waals surface area contributed by atoms with Crippen molar-refractivity contribution in [2.45, 2.75) is 38.8 Å². The number of anilines is 1. The molecule has 2 aliphatic rings. The molecule has 1 atom stereocenters. The molecule has 0 radical (unpaired) electrons. The Morgan fingerprint density at radius 2 is 1.96 bits per heavy atom. The molecule has 132 valence electrons. The molecule has 1 aromatic heterocycles. The van der Waals surface area contributed by atoms with Gasteiger partial charge in [-0.05, 0) is 26.7 Å². The lowest BCUT2D eigenvalue weighted by Crippen LogP contribution is -2.54. The van der Waals surface area contributed by atoms with Gasteiger partial charge in [-0.15, -0.1) is 0 Å². The van der Waals surface area contributed by atoms with E-state index in [4.69, 9.17) is 0 Å². The van der Waals surface area contributed by atoms with E-state index in [-0.39, 0.29) is 22.6 Å². The van der Waals surface area contributed by atoms with Crippen LogP contribution in [-0.2, 0) is 11.8 Å². The highest BCUT2D eigenvalue weighted by atomic mass is 16.6. The summed E-state index contributed by atoms with van der Waals surface area (Å²) in [6, 6.07) is 0.192. The first kappa shape index (κ1) is 16.7. The fraction of sp³-hybridized carbons (Fsp3) is 0.733. The third kappa shape index (κ3) is 3.21. The van der Waals surface area contributed by atoms with Crippen LogP contribution in [0.2, 0.25) is 0 Å². The molecular formula is C15H24N6O3. The third-order valence-corrected chi connectivity index (χ3v) is 4.81. The highest BCUT2D eigenvalue weighted by molar-refractivity contribution is 5.82. The first-order chi connectivity index (χ1) is 11.4. The van der Waals surface area contributed by atoms with Crippen molar-refractivity contribution in [2.24, 2.45) is 7.05 Å². The Morgan fingerprint density at radius 1 is 1.33 bits per heavy atom. The van der Waals surface area contributed by atoms with Gasteiger partial charge >= 0.3 is 5.69 Å². The van der Waals surface area contributed by atoms with E-state index in [1.54, 1.807) is 18.7 Å². The van der Waals surface area contributed by atoms with Gasteiger partial charge in [0.1, 0.15) is 5.69 Å². The molecular weight excluding hydrogens is 312 g/mol. The second-order valence-electron chi connectivity index (χ2n) is 6.62. The highest BCUT2D eigenvalue weighted by Gasteiger charge is 2.33. The number of rotatable bonds is 5. The van der Waals surface area contributed by atoms with Crippen LogP contribution >= 0.6 is 0 Å². The zero-order chi connectivity index (χ0) is 17.4. The summed E-state index contributed by atoms with van der Waals surface area (Å²) in [5.74, 6) is 0.626. The average molecular weight is 336 g/mol. The smallest absolute Gasteiger partial charge is 0.333 e. The van der Waals surface area contributed by atoms with Gasteiger partial charge < -0.3 is 10.2 Å². The number of hydrogen-bond donors (Lipinski definition) is 1. The third-order valence-electron chi connectivity index (χ3n) is 4.81. The van der Waals surface area contributed by atoms with Crippen LogP contribution in [0, 0.1) is 17.0 Å². The number of aryl methyl sites for hydroxylation is 2. The molecule has 1 aromatic rings. The molecule has 1 aliphatic heterocycles. The molecule has 1 saturated carbocycles. The molecule has 1 N–H and O–H groups in total. The zero-order valence-corrected chi connectivity index (χ0v) is 14.4. The maximum absolute atomic E-state index is 12.2. The van der Waals surface area contributed by atoms with Crippen LogP contribution in [0.1, 0.15) is 25.5 Å². The van der Waals surface area contributed by atoms with Gasteiger partial charge in [-0.3, -0.25) is 19.8 Å². The van der Waals surface area contributed by atoms with Crippen molar-refractivity contribution in [3.63, 3.8) is 0 Å². The maximum Gasteiger partial charge on any atom is 0.333 e. The van der Waals surface area contributed by atoms with Crippen molar-refractivity contribution in [2.75, 3.05) is 31.1 Å². The van der Waals surface area contributed by atoms with Crippen molar-refractivity contribution < 1.29 is 9.72 Å². The van der Waals surface area contributed by atoms with Gasteiger partial charge in [-0.25, -0.2) is 4.68 Å². The van der Waals surface area contributed by atoms with Crippen LogP contribution in [0.4, 0.5) is 11.5 Å². The molecule has 1 aliphatic carbocycles. The highest BCUT2D eigenvalue weighted by Crippen LogP contribution is 2.31. The number of aromatic nitrogens is 2. The Hall–Kier alpha value is -2.16. The van der Waals surface area contributed by atoms with Gasteiger partial charge in [-0.1, -0.05) is 0 Å². The summed E-state index contributed by atoms with van der Waals surface area (Å²) in [4.78, 5) is 27.3. The van der Waals surface area contributed by atoms with Crippen molar-refractivity contribution >= 4 is 17.4 Å². The minimum atomic E-state index is -0.365. The van der Waals surface area contributed by atoms with Crippen LogP contribution in [-0.4, -0.2) is 63.8 Å². The predicted molar refractivity (Wildman–Crippen MR) is 89.0 cm³/mol. The van der Waals surface area contributed by atoms with E-state index in [2.05, 4.69) is 15.3 Å². The van der Waals surface area contributed by atoms with Crippen LogP contribution in [0.5, 0.6) is 0 Å². The first-order valence-corrected chi connectivity index (χ1v) is 8.36. The fourth-order valence-electron chi connectivity index (χ4n) is 3.24. The number of carbonyl (C=O) groups is 1. The average Bonchev–Trinajstić information content (AvgIpc) is 3.29. The van der Waals surface area contributed by atoms with E-state index in [1.807, 2.05) is 11.8 Å². The van der Waals surface area contributed by atoms with Crippen LogP contribution in [0.25, 0.3) is 0 Å². The monoisotopic (exact) mass is 336 g/mol. The summed E-state index contributed by atoms with van der Waals surface area (Å²) >= 11 is 0.